The van der Waals surface area contributed by atoms with Gasteiger partial charge in [0.05, 0.1) is 0 Å². The molecular formula is C14H14FN3O2. The maximum Gasteiger partial charge on any atom is 0.321 e. The fourth-order valence-corrected chi connectivity index (χ4v) is 1.41. The molecule has 0 radical (unpaired) electrons. The van der Waals surface area contributed by atoms with Gasteiger partial charge in [0.25, 0.3) is 0 Å². The van der Waals surface area contributed by atoms with Crippen molar-refractivity contribution in [3.8, 4) is 11.6 Å². The highest BCUT2D eigenvalue weighted by Crippen LogP contribution is 2.21. The lowest BCUT2D eigenvalue weighted by Gasteiger charge is -2.12. The summed E-state index contributed by atoms with van der Waals surface area (Å²) in [5, 5.41) is 2.70. The van der Waals surface area contributed by atoms with E-state index in [0.29, 0.717) is 11.4 Å². The first-order valence-corrected chi connectivity index (χ1v) is 5.93. The second-order valence-electron chi connectivity index (χ2n) is 4.25. The molecule has 1 N–H and O–H groups in total. The van der Waals surface area contributed by atoms with E-state index < -0.39 is 5.95 Å². The zero-order chi connectivity index (χ0) is 14.5. The number of amides is 2. The molecule has 1 aromatic heterocycles. The van der Waals surface area contributed by atoms with E-state index in [-0.39, 0.29) is 11.9 Å². The van der Waals surface area contributed by atoms with E-state index in [0.717, 1.165) is 0 Å². The van der Waals surface area contributed by atoms with Crippen molar-refractivity contribution in [2.45, 2.75) is 0 Å². The minimum Gasteiger partial charge on any atom is -0.439 e. The number of halogens is 1. The lowest BCUT2D eigenvalue weighted by Crippen LogP contribution is -2.27. The Morgan fingerprint density at radius 1 is 1.20 bits per heavy atom. The van der Waals surface area contributed by atoms with Crippen LogP contribution in [0.15, 0.2) is 42.5 Å². The SMILES string of the molecule is CN(C)C(=O)Nc1ccc(Oc2cccc(F)n2)cc1. The first-order chi connectivity index (χ1) is 9.54. The van der Waals surface area contributed by atoms with Gasteiger partial charge < -0.3 is 15.0 Å². The molecule has 2 rings (SSSR count). The average Bonchev–Trinajstić information content (AvgIpc) is 2.41. The number of carbonyl (C=O) groups is 1. The normalized spacial score (nSPS) is 9.95. The van der Waals surface area contributed by atoms with Gasteiger partial charge in [-0.1, -0.05) is 6.07 Å². The van der Waals surface area contributed by atoms with Crippen molar-refractivity contribution < 1.29 is 13.9 Å². The number of urea groups is 1. The molecule has 0 unspecified atom stereocenters. The number of ether oxygens (including phenoxy) is 1. The fourth-order valence-electron chi connectivity index (χ4n) is 1.41. The van der Waals surface area contributed by atoms with Crippen LogP contribution in [0, 0.1) is 5.95 Å². The number of aromatic nitrogens is 1. The van der Waals surface area contributed by atoms with E-state index in [1.54, 1.807) is 44.4 Å². The van der Waals surface area contributed by atoms with Gasteiger partial charge >= 0.3 is 6.03 Å². The Kier molecular flexibility index (Phi) is 4.14. The summed E-state index contributed by atoms with van der Waals surface area (Å²) in [7, 11) is 3.31. The molecule has 2 amide bonds. The summed E-state index contributed by atoms with van der Waals surface area (Å²) in [6.45, 7) is 0. The van der Waals surface area contributed by atoms with Gasteiger partial charge in [0.15, 0.2) is 0 Å². The molecule has 1 heterocycles. The van der Waals surface area contributed by atoms with Crippen LogP contribution in [0.5, 0.6) is 11.6 Å². The first kappa shape index (κ1) is 13.8. The molecule has 0 saturated carbocycles. The summed E-state index contributed by atoms with van der Waals surface area (Å²) in [6.07, 6.45) is 0. The maximum absolute atomic E-state index is 12.9. The molecule has 5 nitrogen and oxygen atoms in total. The summed E-state index contributed by atoms with van der Waals surface area (Å²) in [6, 6.07) is 10.8. The molecule has 1 aromatic carbocycles. The molecule has 0 aliphatic rings. The lowest BCUT2D eigenvalue weighted by molar-refractivity contribution is 0.230. The number of pyridine rings is 1. The van der Waals surface area contributed by atoms with Gasteiger partial charge in [-0.3, -0.25) is 0 Å². The third-order valence-corrected chi connectivity index (χ3v) is 2.42. The Balaban J connectivity index is 2.03. The van der Waals surface area contributed by atoms with Crippen molar-refractivity contribution in [2.24, 2.45) is 0 Å². The lowest BCUT2D eigenvalue weighted by atomic mass is 10.3. The van der Waals surface area contributed by atoms with Gasteiger partial charge in [-0.25, -0.2) is 4.79 Å². The Hall–Kier alpha value is -2.63. The van der Waals surface area contributed by atoms with Gasteiger partial charge in [-0.15, -0.1) is 0 Å². The zero-order valence-electron chi connectivity index (χ0n) is 11.1. The first-order valence-electron chi connectivity index (χ1n) is 5.93. The van der Waals surface area contributed by atoms with Gasteiger partial charge in [-0.05, 0) is 30.3 Å². The summed E-state index contributed by atoms with van der Waals surface area (Å²) in [5.41, 5.74) is 0.642. The molecule has 104 valence electrons. The Morgan fingerprint density at radius 2 is 1.90 bits per heavy atom. The molecule has 0 bridgehead atoms. The van der Waals surface area contributed by atoms with E-state index in [4.69, 9.17) is 4.74 Å². The number of carbonyl (C=O) groups excluding carboxylic acids is 1. The minimum atomic E-state index is -0.600. The van der Waals surface area contributed by atoms with Crippen LogP contribution in [0.1, 0.15) is 0 Å². The third kappa shape index (κ3) is 3.68. The molecule has 0 aliphatic heterocycles. The zero-order valence-corrected chi connectivity index (χ0v) is 11.1. The van der Waals surface area contributed by atoms with Crippen LogP contribution in [0.25, 0.3) is 0 Å². The van der Waals surface area contributed by atoms with Crippen LogP contribution in [-0.2, 0) is 0 Å². The molecule has 6 heteroatoms. The second-order valence-corrected chi connectivity index (χ2v) is 4.25. The number of rotatable bonds is 3. The number of benzene rings is 1. The quantitative estimate of drug-likeness (QED) is 0.876. The summed E-state index contributed by atoms with van der Waals surface area (Å²) in [5.74, 6) is 0.0818. The van der Waals surface area contributed by atoms with Gasteiger partial charge in [0.1, 0.15) is 5.75 Å². The average molecular weight is 275 g/mol. The summed E-state index contributed by atoms with van der Waals surface area (Å²) >= 11 is 0. The number of hydrogen-bond donors (Lipinski definition) is 1. The van der Waals surface area contributed by atoms with Gasteiger partial charge in [-0.2, -0.15) is 9.37 Å². The highest BCUT2D eigenvalue weighted by molar-refractivity contribution is 5.88. The molecular weight excluding hydrogens is 261 g/mol. The van der Waals surface area contributed by atoms with E-state index in [2.05, 4.69) is 10.3 Å². The fraction of sp³-hybridized carbons (Fsp3) is 0.143. The van der Waals surface area contributed by atoms with Crippen LogP contribution in [0.3, 0.4) is 0 Å². The molecule has 0 saturated heterocycles. The smallest absolute Gasteiger partial charge is 0.321 e. The van der Waals surface area contributed by atoms with Crippen molar-refractivity contribution in [1.82, 2.24) is 9.88 Å². The number of anilines is 1. The Morgan fingerprint density at radius 3 is 2.50 bits per heavy atom. The van der Waals surface area contributed by atoms with E-state index in [1.165, 1.54) is 17.0 Å². The highest BCUT2D eigenvalue weighted by atomic mass is 19.1. The monoisotopic (exact) mass is 275 g/mol. The van der Waals surface area contributed by atoms with Crippen molar-refractivity contribution in [3.05, 3.63) is 48.4 Å². The largest absolute Gasteiger partial charge is 0.439 e. The predicted octanol–water partition coefficient (Wildman–Crippen LogP) is 3.11. The van der Waals surface area contributed by atoms with Crippen molar-refractivity contribution in [1.29, 1.82) is 0 Å². The van der Waals surface area contributed by atoms with Crippen molar-refractivity contribution >= 4 is 11.7 Å². The van der Waals surface area contributed by atoms with E-state index >= 15 is 0 Å². The number of nitrogens with zero attached hydrogens (tertiary/aromatic N) is 2. The van der Waals surface area contributed by atoms with Crippen LogP contribution >= 0.6 is 0 Å². The molecule has 2 aromatic rings. The number of hydrogen-bond acceptors (Lipinski definition) is 3. The summed E-state index contributed by atoms with van der Waals surface area (Å²) < 4.78 is 18.3. The molecule has 20 heavy (non-hydrogen) atoms. The minimum absolute atomic E-state index is 0.176. The molecule has 0 atom stereocenters. The van der Waals surface area contributed by atoms with E-state index in [1.807, 2.05) is 0 Å². The molecule has 0 spiro atoms. The van der Waals surface area contributed by atoms with Gasteiger partial charge in [0, 0.05) is 25.8 Å². The highest BCUT2D eigenvalue weighted by Gasteiger charge is 2.04. The topological polar surface area (TPSA) is 54.5 Å². The summed E-state index contributed by atoms with van der Waals surface area (Å²) in [4.78, 5) is 16.5. The maximum atomic E-state index is 12.9. The van der Waals surface area contributed by atoms with Crippen LogP contribution < -0.4 is 10.1 Å². The Bertz CT molecular complexity index is 600. The Labute approximate surface area is 116 Å². The van der Waals surface area contributed by atoms with Crippen molar-refractivity contribution in [3.63, 3.8) is 0 Å². The second kappa shape index (κ2) is 6.01. The number of nitrogens with one attached hydrogen (secondary N) is 1. The van der Waals surface area contributed by atoms with Gasteiger partial charge in [0.2, 0.25) is 11.8 Å². The van der Waals surface area contributed by atoms with Crippen molar-refractivity contribution in [2.75, 3.05) is 19.4 Å². The van der Waals surface area contributed by atoms with Crippen LogP contribution in [-0.4, -0.2) is 30.0 Å². The standard InChI is InChI=1S/C14H14FN3O2/c1-18(2)14(19)16-10-6-8-11(9-7-10)20-13-5-3-4-12(15)17-13/h3-9H,1-2H3,(H,16,19). The van der Waals surface area contributed by atoms with E-state index in [9.17, 15) is 9.18 Å². The molecule has 0 fully saturated rings. The predicted molar refractivity (Wildman–Crippen MR) is 73.4 cm³/mol. The van der Waals surface area contributed by atoms with Crippen LogP contribution in [0.2, 0.25) is 0 Å². The van der Waals surface area contributed by atoms with Crippen LogP contribution in [0.4, 0.5) is 14.9 Å². The third-order valence-electron chi connectivity index (χ3n) is 2.42. The molecule has 0 aliphatic carbocycles.